The van der Waals surface area contributed by atoms with E-state index in [-0.39, 0.29) is 49.5 Å². The van der Waals surface area contributed by atoms with Crippen LogP contribution in [0.25, 0.3) is 10.8 Å². The summed E-state index contributed by atoms with van der Waals surface area (Å²) in [7, 11) is -9.70. The number of carbonyl (C=O) groups excluding carboxylic acids is 1. The summed E-state index contributed by atoms with van der Waals surface area (Å²) in [4.78, 5) is 15.1. The Hall–Kier alpha value is -5.50. The van der Waals surface area contributed by atoms with Gasteiger partial charge < -0.3 is 20.8 Å². The van der Waals surface area contributed by atoms with E-state index in [2.05, 4.69) is 36.1 Å². The minimum atomic E-state index is -4.95. The summed E-state index contributed by atoms with van der Waals surface area (Å²) in [5.41, 5.74) is 1.05. The summed E-state index contributed by atoms with van der Waals surface area (Å²) in [6.45, 7) is 3.03. The molecule has 0 aliphatic heterocycles. The lowest BCUT2D eigenvalue weighted by Gasteiger charge is -2.12. The first-order valence-corrected chi connectivity index (χ1v) is 18.1. The van der Waals surface area contributed by atoms with Crippen LogP contribution in [-0.2, 0) is 20.2 Å². The Kier molecular flexibility index (Phi) is 10.9. The molecule has 0 radical (unpaired) electrons. The second kappa shape index (κ2) is 15.0. The first-order valence-electron chi connectivity index (χ1n) is 14.5. The number of halogens is 2. The highest BCUT2D eigenvalue weighted by atomic mass is 35.5. The number of aliphatic imine (C=N–C) groups is 1. The molecular formula is C32H25Cl2N7O9S2. The molecule has 0 spiro atoms. The Labute approximate surface area is 305 Å². The first-order chi connectivity index (χ1) is 24.4. The van der Waals surface area contributed by atoms with Crippen LogP contribution in [0.2, 0.25) is 10.0 Å². The number of phenols is 1. The van der Waals surface area contributed by atoms with Gasteiger partial charge in [0.25, 0.3) is 20.2 Å². The molecule has 0 saturated carbocycles. The molecule has 0 atom stereocenters. The minimum Gasteiger partial charge on any atom is -0.505 e. The monoisotopic (exact) mass is 785 g/mol. The Bertz CT molecular complexity index is 2560. The molecule has 0 bridgehead atoms. The molecule has 20 heteroatoms. The van der Waals surface area contributed by atoms with Gasteiger partial charge in [0.2, 0.25) is 0 Å². The molecule has 0 heterocycles. The fraction of sp³-hybridized carbons (Fsp3) is 0.0625. The number of amides is 2. The summed E-state index contributed by atoms with van der Waals surface area (Å²) in [5, 5.41) is 41.4. The molecular weight excluding hydrogens is 761 g/mol. The van der Waals surface area contributed by atoms with Crippen LogP contribution in [0, 0.1) is 6.92 Å². The fourth-order valence-electron chi connectivity index (χ4n) is 4.68. The molecule has 16 nitrogen and oxygen atoms in total. The second-order valence-corrected chi connectivity index (χ2v) is 14.5. The maximum atomic E-state index is 12.6. The third-order valence-electron chi connectivity index (χ3n) is 6.98. The third kappa shape index (κ3) is 9.04. The number of rotatable bonds is 9. The maximum Gasteiger partial charge on any atom is 0.323 e. The third-order valence-corrected chi connectivity index (χ3v) is 9.22. The molecule has 2 amide bonds. The molecule has 0 fully saturated rings. The molecule has 0 saturated heterocycles. The zero-order valence-corrected chi connectivity index (χ0v) is 29.8. The second-order valence-electron chi connectivity index (χ2n) is 10.8. The smallest absolute Gasteiger partial charge is 0.323 e. The van der Waals surface area contributed by atoms with E-state index in [9.17, 15) is 40.9 Å². The van der Waals surface area contributed by atoms with Crippen molar-refractivity contribution in [1.29, 1.82) is 0 Å². The molecule has 0 unspecified atom stereocenters. The summed E-state index contributed by atoms with van der Waals surface area (Å²) < 4.78 is 67.9. The van der Waals surface area contributed by atoms with E-state index >= 15 is 0 Å². The van der Waals surface area contributed by atoms with Crippen LogP contribution in [0.15, 0.2) is 114 Å². The van der Waals surface area contributed by atoms with E-state index in [1.54, 1.807) is 31.2 Å². The number of anilines is 2. The zero-order valence-electron chi connectivity index (χ0n) is 26.6. The van der Waals surface area contributed by atoms with Crippen molar-refractivity contribution >= 4 is 106 Å². The van der Waals surface area contributed by atoms with Gasteiger partial charge >= 0.3 is 6.03 Å². The van der Waals surface area contributed by atoms with Gasteiger partial charge in [0.15, 0.2) is 11.6 Å². The fourth-order valence-corrected chi connectivity index (χ4v) is 6.66. The Morgan fingerprint density at radius 3 is 1.94 bits per heavy atom. The number of aryl methyl sites for hydroxylation is 1. The molecule has 5 aromatic rings. The average Bonchev–Trinajstić information content (AvgIpc) is 3.04. The molecule has 0 aliphatic rings. The zero-order chi connectivity index (χ0) is 38.0. The van der Waals surface area contributed by atoms with Gasteiger partial charge in [-0.3, -0.25) is 9.11 Å². The predicted octanol–water partition coefficient (Wildman–Crippen LogP) is 9.74. The SMILES string of the molecule is CC(O)=Nc1ccc(NC(=O)Nc2ccc3c(O)c(N=Nc4ccc(N=Nc5c(Cl)cc(Cl)cc5S(=O)(=O)O)c(C)c4)c(S(=O)(=O)O)cc3c2)cc1. The van der Waals surface area contributed by atoms with Gasteiger partial charge in [0.1, 0.15) is 21.2 Å². The molecule has 5 rings (SSSR count). The van der Waals surface area contributed by atoms with E-state index in [0.29, 0.717) is 16.9 Å². The van der Waals surface area contributed by atoms with E-state index in [1.807, 2.05) is 0 Å². The quantitative estimate of drug-likeness (QED) is 0.0359. The number of aromatic hydroxyl groups is 1. The Morgan fingerprint density at radius 1 is 0.712 bits per heavy atom. The number of urea groups is 1. The number of azo groups is 2. The lowest BCUT2D eigenvalue weighted by Crippen LogP contribution is -2.19. The predicted molar refractivity (Wildman–Crippen MR) is 196 cm³/mol. The number of aliphatic hydroxyl groups excluding tert-OH is 1. The topological polar surface area (TPSA) is 252 Å². The van der Waals surface area contributed by atoms with Crippen molar-refractivity contribution < 1.29 is 40.9 Å². The van der Waals surface area contributed by atoms with Gasteiger partial charge in [-0.2, -0.15) is 27.1 Å². The highest BCUT2D eigenvalue weighted by molar-refractivity contribution is 7.86. The van der Waals surface area contributed by atoms with Gasteiger partial charge in [0.05, 0.1) is 22.1 Å². The van der Waals surface area contributed by atoms with Crippen LogP contribution >= 0.6 is 23.2 Å². The molecule has 52 heavy (non-hydrogen) atoms. The van der Waals surface area contributed by atoms with Gasteiger partial charge in [-0.05, 0) is 96.7 Å². The number of hydrogen-bond donors (Lipinski definition) is 6. The number of fused-ring (bicyclic) bond motifs is 1. The van der Waals surface area contributed by atoms with E-state index < -0.39 is 47.5 Å². The Balaban J connectivity index is 1.40. The van der Waals surface area contributed by atoms with Crippen molar-refractivity contribution in [2.24, 2.45) is 25.4 Å². The number of benzene rings is 5. The van der Waals surface area contributed by atoms with Crippen molar-refractivity contribution in [2.75, 3.05) is 10.6 Å². The van der Waals surface area contributed by atoms with Crippen LogP contribution in [0.3, 0.4) is 0 Å². The maximum absolute atomic E-state index is 12.6. The molecule has 268 valence electrons. The number of phenolic OH excluding ortho intramolecular Hbond substituents is 1. The molecule has 5 aromatic carbocycles. The number of hydrogen-bond acceptors (Lipinski definition) is 11. The molecule has 0 aromatic heterocycles. The summed E-state index contributed by atoms with van der Waals surface area (Å²) in [6.07, 6.45) is 0. The van der Waals surface area contributed by atoms with Gasteiger partial charge in [-0.25, -0.2) is 9.79 Å². The van der Waals surface area contributed by atoms with E-state index in [0.717, 1.165) is 12.1 Å². The highest BCUT2D eigenvalue weighted by Gasteiger charge is 2.23. The van der Waals surface area contributed by atoms with Gasteiger partial charge in [-0.15, -0.1) is 10.2 Å². The van der Waals surface area contributed by atoms with Gasteiger partial charge in [-0.1, -0.05) is 23.2 Å². The van der Waals surface area contributed by atoms with Crippen molar-refractivity contribution in [3.05, 3.63) is 94.5 Å². The highest BCUT2D eigenvalue weighted by Crippen LogP contribution is 2.42. The summed E-state index contributed by atoms with van der Waals surface area (Å²) in [5.74, 6) is -0.748. The molecule has 6 N–H and O–H groups in total. The summed E-state index contributed by atoms with van der Waals surface area (Å²) >= 11 is 11.9. The summed E-state index contributed by atoms with van der Waals surface area (Å²) in [6, 6.07) is 17.4. The lowest BCUT2D eigenvalue weighted by molar-refractivity contribution is 0.262. The van der Waals surface area contributed by atoms with Crippen LogP contribution in [0.5, 0.6) is 5.75 Å². The minimum absolute atomic E-state index is 0.0515. The lowest BCUT2D eigenvalue weighted by atomic mass is 10.1. The van der Waals surface area contributed by atoms with Crippen LogP contribution < -0.4 is 10.6 Å². The number of nitrogens with zero attached hydrogens (tertiary/aromatic N) is 5. The number of nitrogens with one attached hydrogen (secondary N) is 2. The Morgan fingerprint density at radius 2 is 1.31 bits per heavy atom. The van der Waals surface area contributed by atoms with E-state index in [4.69, 9.17) is 23.2 Å². The van der Waals surface area contributed by atoms with Crippen molar-refractivity contribution in [3.63, 3.8) is 0 Å². The first kappa shape index (κ1) is 37.7. The van der Waals surface area contributed by atoms with Crippen molar-refractivity contribution in [2.45, 2.75) is 23.6 Å². The average molecular weight is 787 g/mol. The van der Waals surface area contributed by atoms with Crippen molar-refractivity contribution in [3.8, 4) is 5.75 Å². The van der Waals surface area contributed by atoms with Crippen LogP contribution in [0.4, 0.5) is 44.6 Å². The van der Waals surface area contributed by atoms with Gasteiger partial charge in [0, 0.05) is 28.7 Å². The van der Waals surface area contributed by atoms with Crippen molar-refractivity contribution in [1.82, 2.24) is 0 Å². The number of aliphatic hydroxyl groups is 1. The molecule has 0 aliphatic carbocycles. The van der Waals surface area contributed by atoms with Crippen LogP contribution in [0.1, 0.15) is 12.5 Å². The largest absolute Gasteiger partial charge is 0.505 e. The number of carbonyl (C=O) groups is 1. The van der Waals surface area contributed by atoms with E-state index in [1.165, 1.54) is 49.4 Å². The van der Waals surface area contributed by atoms with Crippen LogP contribution in [-0.4, -0.2) is 48.1 Å². The normalized spacial score (nSPS) is 12.5. The standard InChI is InChI=1S/C32H25Cl2N7O9S2/c1-16-11-23(8-10-26(16)39-40-29-25(34)14-19(33)15-28(29)52(48,49)50)38-41-30-27(51(45,46)47)13-18-12-22(7-9-24(18)31(30)43)37-32(44)36-21-5-3-20(4-6-21)35-17(2)42/h3-15,43H,1-2H3,(H,35,42)(H2,36,37,44)(H,45,46,47)(H,48,49,50).